The molecule has 8 atom stereocenters. The summed E-state index contributed by atoms with van der Waals surface area (Å²) >= 11 is 0. The molecule has 1 N–H and O–H groups in total. The molecule has 8 unspecified atom stereocenters. The molecule has 312 valence electrons. The molecule has 0 spiro atoms. The second kappa shape index (κ2) is 18.7. The van der Waals surface area contributed by atoms with Gasteiger partial charge in [0, 0.05) is 19.8 Å². The second-order valence-electron chi connectivity index (χ2n) is 18.5. The Morgan fingerprint density at radius 2 is 1.19 bits per heavy atom. The van der Waals surface area contributed by atoms with Crippen molar-refractivity contribution in [3.05, 3.63) is 0 Å². The first-order valence-corrected chi connectivity index (χ1v) is 19.2. The predicted octanol–water partition coefficient (Wildman–Crippen LogP) is 10.4. The van der Waals surface area contributed by atoms with Gasteiger partial charge in [-0.05, 0) is 128 Å². The monoisotopic (exact) mass is 755 g/mol. The summed E-state index contributed by atoms with van der Waals surface area (Å²) in [4.78, 5) is 47.5. The van der Waals surface area contributed by atoms with Gasteiger partial charge < -0.3 is 24.1 Å². The summed E-state index contributed by atoms with van der Waals surface area (Å²) in [5.41, 5.74) is -2.23. The Hall–Kier alpha value is -2.16. The highest BCUT2D eigenvalue weighted by Crippen LogP contribution is 2.68. The molecule has 0 aromatic rings. The molecule has 0 aliphatic heterocycles. The lowest BCUT2D eigenvalue weighted by molar-refractivity contribution is -0.233. The van der Waals surface area contributed by atoms with Crippen molar-refractivity contribution in [2.45, 2.75) is 211 Å². The molecule has 9 heteroatoms. The van der Waals surface area contributed by atoms with Gasteiger partial charge >= 0.3 is 23.9 Å². The van der Waals surface area contributed by atoms with Crippen LogP contribution in [0.25, 0.3) is 0 Å². The van der Waals surface area contributed by atoms with Crippen molar-refractivity contribution in [1.82, 2.24) is 0 Å². The highest BCUT2D eigenvalue weighted by molar-refractivity contribution is 5.79. The number of carbonyl (C=O) groups excluding carboxylic acids is 4. The molecule has 8 bridgehead atoms. The number of carbonyl (C=O) groups is 4. The molecular weight excluding hydrogens is 672 g/mol. The van der Waals surface area contributed by atoms with Gasteiger partial charge in [-0.1, -0.05) is 64.3 Å². The summed E-state index contributed by atoms with van der Waals surface area (Å²) in [5, 5.41) is 10.6. The van der Waals surface area contributed by atoms with Crippen molar-refractivity contribution in [1.29, 1.82) is 0 Å². The Bertz CT molecular complexity index is 1220. The van der Waals surface area contributed by atoms with Crippen LogP contribution >= 0.6 is 0 Å². The fourth-order valence-corrected chi connectivity index (χ4v) is 11.0. The number of hydrogen-bond acceptors (Lipinski definition) is 9. The van der Waals surface area contributed by atoms with Gasteiger partial charge in [0.1, 0.15) is 16.8 Å². The molecule has 8 rings (SSSR count). The number of hydrogen-bond donors (Lipinski definition) is 1. The Balaban J connectivity index is 0.000000854. The number of esters is 4. The molecule has 8 aliphatic rings. The molecule has 53 heavy (non-hydrogen) atoms. The molecule has 0 amide bonds. The van der Waals surface area contributed by atoms with Crippen LogP contribution < -0.4 is 0 Å². The van der Waals surface area contributed by atoms with Crippen LogP contribution in [-0.2, 0) is 38.1 Å². The molecule has 0 aromatic heterocycles. The Kier molecular flexibility index (Phi) is 17.9. The third kappa shape index (κ3) is 12.2. The molecule has 8 saturated carbocycles. The lowest BCUT2D eigenvalue weighted by Crippen LogP contribution is -2.63. The van der Waals surface area contributed by atoms with E-state index in [1.165, 1.54) is 13.3 Å². The van der Waals surface area contributed by atoms with Gasteiger partial charge in [-0.2, -0.15) is 0 Å². The third-order valence-corrected chi connectivity index (χ3v) is 12.1. The molecule has 0 saturated heterocycles. The van der Waals surface area contributed by atoms with Crippen LogP contribution in [0, 0.1) is 40.4 Å². The largest absolute Gasteiger partial charge is 0.466 e. The minimum Gasteiger partial charge on any atom is -0.466 e. The van der Waals surface area contributed by atoms with E-state index in [1.807, 2.05) is 48.5 Å². The van der Waals surface area contributed by atoms with Crippen molar-refractivity contribution in [2.24, 2.45) is 40.4 Å². The lowest BCUT2D eigenvalue weighted by Gasteiger charge is -2.64. The van der Waals surface area contributed by atoms with E-state index in [-0.39, 0.29) is 76.4 Å². The van der Waals surface area contributed by atoms with Gasteiger partial charge in [0.15, 0.2) is 0 Å². The van der Waals surface area contributed by atoms with Crippen molar-refractivity contribution >= 4 is 23.9 Å². The third-order valence-electron chi connectivity index (χ3n) is 12.1. The Labute approximate surface area is 324 Å². The zero-order chi connectivity index (χ0) is 36.6. The maximum Gasteiger partial charge on any atom is 0.312 e. The zero-order valence-electron chi connectivity index (χ0n) is 32.2. The fraction of sp³-hybridized carbons (Fsp3) is 0.909. The van der Waals surface area contributed by atoms with Crippen molar-refractivity contribution < 1.29 is 43.2 Å². The molecule has 0 aromatic carbocycles. The standard InChI is InChI=1S/C21H34O4.C15H24O3.C4H8O2.4CH4/c1-7-14(2)16(22)24-21-10-15-8-19(6,12-21)11-20(9-15,13-21)17(23)25-18(3,4)5;1-3-10(2)13(16)18-15-7-11-4-12(8-15)6-14(17,5-11)9-15;1-3-6-4(2)5;;;;/h14-15H,7-13H2,1-6H3;10-12,17H,3-9H2,1-2H3;3H2,1-2H3;4*1H4. The number of aliphatic hydroxyl groups is 1. The van der Waals surface area contributed by atoms with Gasteiger partial charge in [-0.15, -0.1) is 0 Å². The van der Waals surface area contributed by atoms with Gasteiger partial charge in [0.25, 0.3) is 0 Å². The fourth-order valence-electron chi connectivity index (χ4n) is 11.0. The number of ether oxygens (including phenoxy) is 4. The van der Waals surface area contributed by atoms with Crippen LogP contribution in [0.2, 0.25) is 0 Å². The average molecular weight is 755 g/mol. The number of rotatable bonds is 8. The smallest absolute Gasteiger partial charge is 0.312 e. The minimum atomic E-state index is -0.542. The van der Waals surface area contributed by atoms with E-state index < -0.39 is 22.2 Å². The summed E-state index contributed by atoms with van der Waals surface area (Å²) in [7, 11) is 0. The summed E-state index contributed by atoms with van der Waals surface area (Å²) in [6, 6.07) is 0. The van der Waals surface area contributed by atoms with E-state index in [2.05, 4.69) is 11.7 Å². The summed E-state index contributed by atoms with van der Waals surface area (Å²) < 4.78 is 22.2. The molecule has 8 fully saturated rings. The second-order valence-corrected chi connectivity index (χ2v) is 18.5. The van der Waals surface area contributed by atoms with Gasteiger partial charge in [-0.25, -0.2) is 0 Å². The van der Waals surface area contributed by atoms with Crippen LogP contribution in [0.4, 0.5) is 0 Å². The first-order chi connectivity index (χ1) is 22.6. The molecule has 9 nitrogen and oxygen atoms in total. The van der Waals surface area contributed by atoms with E-state index in [1.54, 1.807) is 6.92 Å². The predicted molar refractivity (Wildman–Crippen MR) is 213 cm³/mol. The van der Waals surface area contributed by atoms with Crippen molar-refractivity contribution in [2.75, 3.05) is 6.61 Å². The van der Waals surface area contributed by atoms with Crippen LogP contribution in [0.5, 0.6) is 0 Å². The molecule has 0 heterocycles. The van der Waals surface area contributed by atoms with E-state index in [0.717, 1.165) is 70.6 Å². The van der Waals surface area contributed by atoms with E-state index >= 15 is 0 Å². The normalized spacial score (nSPS) is 36.0. The quantitative estimate of drug-likeness (QED) is 0.190. The Morgan fingerprint density at radius 1 is 0.698 bits per heavy atom. The first kappa shape index (κ1) is 50.8. The summed E-state index contributed by atoms with van der Waals surface area (Å²) in [6.07, 6.45) is 12.7. The zero-order valence-corrected chi connectivity index (χ0v) is 32.2. The Morgan fingerprint density at radius 3 is 1.58 bits per heavy atom. The van der Waals surface area contributed by atoms with Crippen LogP contribution in [0.3, 0.4) is 0 Å². The highest BCUT2D eigenvalue weighted by atomic mass is 16.6. The van der Waals surface area contributed by atoms with Gasteiger partial charge in [-0.3, -0.25) is 19.2 Å². The molecular formula is C44H82O9. The van der Waals surface area contributed by atoms with Gasteiger partial charge in [0.2, 0.25) is 0 Å². The summed E-state index contributed by atoms with van der Waals surface area (Å²) in [5.74, 6) is 1.03. The maximum atomic E-state index is 13.1. The van der Waals surface area contributed by atoms with Crippen LogP contribution in [0.1, 0.15) is 189 Å². The van der Waals surface area contributed by atoms with E-state index in [0.29, 0.717) is 37.2 Å². The van der Waals surface area contributed by atoms with Gasteiger partial charge in [0.05, 0.1) is 29.5 Å². The summed E-state index contributed by atoms with van der Waals surface area (Å²) in [6.45, 7) is 19.6. The van der Waals surface area contributed by atoms with Crippen LogP contribution in [0.15, 0.2) is 0 Å². The van der Waals surface area contributed by atoms with E-state index in [9.17, 15) is 24.3 Å². The molecule has 0 radical (unpaired) electrons. The van der Waals surface area contributed by atoms with Crippen molar-refractivity contribution in [3.63, 3.8) is 0 Å². The average Bonchev–Trinajstić information content (AvgIpc) is 2.92. The van der Waals surface area contributed by atoms with Crippen LogP contribution in [-0.4, -0.2) is 58.0 Å². The topological polar surface area (TPSA) is 125 Å². The minimum absolute atomic E-state index is 0. The van der Waals surface area contributed by atoms with Crippen molar-refractivity contribution in [3.8, 4) is 0 Å². The first-order valence-electron chi connectivity index (χ1n) is 19.2. The highest BCUT2D eigenvalue weighted by Gasteiger charge is 2.67. The lowest BCUT2D eigenvalue weighted by atomic mass is 9.43. The van der Waals surface area contributed by atoms with E-state index in [4.69, 9.17) is 14.2 Å². The molecule has 8 aliphatic carbocycles. The maximum absolute atomic E-state index is 13.1. The SMILES string of the molecule is C.C.C.C.CCC(C)C(=O)OC12CC3CC(C)(C1)CC(C(=O)OC(C)(C)C)(C3)C2.CCC(C)C(=O)OC12CC3CC(CC(O)(C3)C1)C2.CCOC(C)=O.